The molecule has 2 aromatic carbocycles. The molecule has 0 radical (unpaired) electrons. The van der Waals surface area contributed by atoms with Gasteiger partial charge in [0.1, 0.15) is 5.82 Å². The van der Waals surface area contributed by atoms with Gasteiger partial charge in [-0.05, 0) is 29.8 Å². The lowest BCUT2D eigenvalue weighted by Crippen LogP contribution is -2.07. The molecule has 0 unspecified atom stereocenters. The Labute approximate surface area is 127 Å². The van der Waals surface area contributed by atoms with Crippen LogP contribution in [0, 0.1) is 5.82 Å². The van der Waals surface area contributed by atoms with E-state index in [-0.39, 0.29) is 33.2 Å². The van der Waals surface area contributed by atoms with Gasteiger partial charge in [-0.3, -0.25) is 4.79 Å². The quantitative estimate of drug-likeness (QED) is 0.810. The number of hydrogen-bond donors (Lipinski definition) is 0. The zero-order valence-corrected chi connectivity index (χ0v) is 12.7. The standard InChI is InChI=1S/C15H12ClFO3S/c1-21(19,20)13-4-2-3-11(7-13)15(18)8-10-5-6-12(16)9-14(10)17/h2-7,9H,8H2,1H3. The Balaban J connectivity index is 2.29. The summed E-state index contributed by atoms with van der Waals surface area (Å²) in [6, 6.07) is 9.78. The molecule has 0 aliphatic carbocycles. The minimum atomic E-state index is -3.39. The Hall–Kier alpha value is -1.72. The zero-order chi connectivity index (χ0) is 15.6. The smallest absolute Gasteiger partial charge is 0.175 e. The van der Waals surface area contributed by atoms with Crippen LogP contribution in [0.1, 0.15) is 15.9 Å². The average molecular weight is 327 g/mol. The molecule has 3 nitrogen and oxygen atoms in total. The molecule has 110 valence electrons. The van der Waals surface area contributed by atoms with Gasteiger partial charge >= 0.3 is 0 Å². The molecule has 0 amide bonds. The zero-order valence-electron chi connectivity index (χ0n) is 11.1. The number of benzene rings is 2. The topological polar surface area (TPSA) is 51.2 Å². The second kappa shape index (κ2) is 5.95. The SMILES string of the molecule is CS(=O)(=O)c1cccc(C(=O)Cc2ccc(Cl)cc2F)c1. The van der Waals surface area contributed by atoms with Gasteiger partial charge in [-0.1, -0.05) is 29.8 Å². The fourth-order valence-corrected chi connectivity index (χ4v) is 2.67. The maximum atomic E-state index is 13.7. The molecule has 0 aromatic heterocycles. The first kappa shape index (κ1) is 15.7. The van der Waals surface area contributed by atoms with Gasteiger partial charge in [-0.2, -0.15) is 0 Å². The van der Waals surface area contributed by atoms with Crippen LogP contribution >= 0.6 is 11.6 Å². The first-order valence-corrected chi connectivity index (χ1v) is 8.31. The second-order valence-corrected chi connectivity index (χ2v) is 7.09. The van der Waals surface area contributed by atoms with Crippen molar-refractivity contribution in [3.8, 4) is 0 Å². The predicted octanol–water partition coefficient (Wildman–Crippen LogP) is 3.31. The minimum Gasteiger partial charge on any atom is -0.294 e. The normalized spacial score (nSPS) is 11.4. The van der Waals surface area contributed by atoms with Crippen molar-refractivity contribution in [1.29, 1.82) is 0 Å². The summed E-state index contributed by atoms with van der Waals surface area (Å²) in [6.07, 6.45) is 0.908. The van der Waals surface area contributed by atoms with Crippen molar-refractivity contribution in [2.75, 3.05) is 6.26 Å². The monoisotopic (exact) mass is 326 g/mol. The number of rotatable bonds is 4. The molecule has 0 saturated heterocycles. The van der Waals surface area contributed by atoms with Crippen molar-refractivity contribution in [2.45, 2.75) is 11.3 Å². The first-order chi connectivity index (χ1) is 9.77. The van der Waals surface area contributed by atoms with Crippen LogP contribution in [0.25, 0.3) is 0 Å². The Kier molecular flexibility index (Phi) is 4.44. The van der Waals surface area contributed by atoms with E-state index in [1.165, 1.54) is 36.4 Å². The number of carbonyl (C=O) groups excluding carboxylic acids is 1. The van der Waals surface area contributed by atoms with E-state index in [1.807, 2.05) is 0 Å². The number of sulfone groups is 1. The average Bonchev–Trinajstić information content (AvgIpc) is 2.41. The van der Waals surface area contributed by atoms with Gasteiger partial charge in [0.2, 0.25) is 0 Å². The Morgan fingerprint density at radius 2 is 1.90 bits per heavy atom. The summed E-state index contributed by atoms with van der Waals surface area (Å²) < 4.78 is 36.6. The fraction of sp³-hybridized carbons (Fsp3) is 0.133. The van der Waals surface area contributed by atoms with Gasteiger partial charge in [0.05, 0.1) is 4.90 Å². The fourth-order valence-electron chi connectivity index (χ4n) is 1.84. The Morgan fingerprint density at radius 3 is 2.52 bits per heavy atom. The molecule has 0 spiro atoms. The lowest BCUT2D eigenvalue weighted by atomic mass is 10.0. The molecule has 0 bridgehead atoms. The summed E-state index contributed by atoms with van der Waals surface area (Å²) in [6.45, 7) is 0. The Bertz CT molecular complexity index is 800. The molecule has 6 heteroatoms. The lowest BCUT2D eigenvalue weighted by molar-refractivity contribution is 0.0991. The summed E-state index contributed by atoms with van der Waals surface area (Å²) in [4.78, 5) is 12.2. The van der Waals surface area contributed by atoms with Gasteiger partial charge < -0.3 is 0 Å². The molecular weight excluding hydrogens is 315 g/mol. The number of hydrogen-bond acceptors (Lipinski definition) is 3. The van der Waals surface area contributed by atoms with E-state index in [1.54, 1.807) is 0 Å². The van der Waals surface area contributed by atoms with E-state index >= 15 is 0 Å². The van der Waals surface area contributed by atoms with E-state index in [0.717, 1.165) is 12.3 Å². The molecule has 0 fully saturated rings. The van der Waals surface area contributed by atoms with Gasteiger partial charge in [-0.15, -0.1) is 0 Å². The van der Waals surface area contributed by atoms with Crippen LogP contribution in [0.3, 0.4) is 0 Å². The molecule has 2 rings (SSSR count). The van der Waals surface area contributed by atoms with Crippen LogP contribution in [0.4, 0.5) is 4.39 Å². The van der Waals surface area contributed by atoms with Crippen molar-refractivity contribution in [3.63, 3.8) is 0 Å². The van der Waals surface area contributed by atoms with E-state index in [9.17, 15) is 17.6 Å². The maximum Gasteiger partial charge on any atom is 0.175 e. The summed E-state index contributed by atoms with van der Waals surface area (Å²) in [5.74, 6) is -0.920. The highest BCUT2D eigenvalue weighted by molar-refractivity contribution is 7.90. The van der Waals surface area contributed by atoms with Crippen molar-refractivity contribution in [3.05, 3.63) is 64.4 Å². The third-order valence-corrected chi connectivity index (χ3v) is 4.30. The highest BCUT2D eigenvalue weighted by Crippen LogP contribution is 2.18. The maximum absolute atomic E-state index is 13.7. The number of carbonyl (C=O) groups is 1. The van der Waals surface area contributed by atoms with Crippen molar-refractivity contribution < 1.29 is 17.6 Å². The highest BCUT2D eigenvalue weighted by Gasteiger charge is 2.14. The molecule has 21 heavy (non-hydrogen) atoms. The van der Waals surface area contributed by atoms with Crippen LogP contribution < -0.4 is 0 Å². The van der Waals surface area contributed by atoms with E-state index in [0.29, 0.717) is 0 Å². The van der Waals surface area contributed by atoms with E-state index in [2.05, 4.69) is 0 Å². The van der Waals surface area contributed by atoms with Gasteiger partial charge in [0.15, 0.2) is 15.6 Å². The van der Waals surface area contributed by atoms with Crippen molar-refractivity contribution >= 4 is 27.2 Å². The number of halogens is 2. The third kappa shape index (κ3) is 3.89. The molecule has 0 aliphatic rings. The summed E-state index contributed by atoms with van der Waals surface area (Å²) in [5, 5.41) is 0.253. The first-order valence-electron chi connectivity index (χ1n) is 6.04. The minimum absolute atomic E-state index is 0.0601. The third-order valence-electron chi connectivity index (χ3n) is 2.95. The van der Waals surface area contributed by atoms with Crippen LogP contribution in [-0.4, -0.2) is 20.5 Å². The summed E-state index contributed by atoms with van der Waals surface area (Å²) in [5.41, 5.74) is 0.446. The van der Waals surface area contributed by atoms with Gasteiger partial charge in [0, 0.05) is 23.3 Å². The van der Waals surface area contributed by atoms with Gasteiger partial charge in [0.25, 0.3) is 0 Å². The highest BCUT2D eigenvalue weighted by atomic mass is 35.5. The van der Waals surface area contributed by atoms with Gasteiger partial charge in [-0.25, -0.2) is 12.8 Å². The number of ketones is 1. The largest absolute Gasteiger partial charge is 0.294 e. The molecule has 0 N–H and O–H groups in total. The summed E-state index contributed by atoms with van der Waals surface area (Å²) in [7, 11) is -3.39. The van der Waals surface area contributed by atoms with Crippen LogP contribution in [0.15, 0.2) is 47.4 Å². The molecular formula is C15H12ClFO3S. The second-order valence-electron chi connectivity index (χ2n) is 4.64. The molecule has 2 aromatic rings. The lowest BCUT2D eigenvalue weighted by Gasteiger charge is -2.05. The van der Waals surface area contributed by atoms with Crippen LogP contribution in [0.5, 0.6) is 0 Å². The number of Topliss-reactive ketones (excluding diaryl/α,β-unsaturated/α-hetero) is 1. The van der Waals surface area contributed by atoms with E-state index < -0.39 is 15.7 Å². The summed E-state index contributed by atoms with van der Waals surface area (Å²) >= 11 is 5.65. The molecule has 0 atom stereocenters. The molecule has 0 saturated carbocycles. The Morgan fingerprint density at radius 1 is 1.19 bits per heavy atom. The van der Waals surface area contributed by atoms with Crippen molar-refractivity contribution in [2.24, 2.45) is 0 Å². The van der Waals surface area contributed by atoms with Crippen LogP contribution in [-0.2, 0) is 16.3 Å². The van der Waals surface area contributed by atoms with Crippen molar-refractivity contribution in [1.82, 2.24) is 0 Å². The van der Waals surface area contributed by atoms with E-state index in [4.69, 9.17) is 11.6 Å². The predicted molar refractivity (Wildman–Crippen MR) is 79.0 cm³/mol. The van der Waals surface area contributed by atoms with Crippen LogP contribution in [0.2, 0.25) is 5.02 Å². The molecule has 0 heterocycles. The molecule has 0 aliphatic heterocycles.